The average Bonchev–Trinajstić information content (AvgIpc) is 3.17. The van der Waals surface area contributed by atoms with Crippen molar-refractivity contribution in [2.45, 2.75) is 51.0 Å². The number of aryl methyl sites for hydroxylation is 1. The minimum Gasteiger partial charge on any atom is -0.356 e. The molecule has 0 bridgehead atoms. The molecule has 0 unspecified atom stereocenters. The van der Waals surface area contributed by atoms with E-state index in [9.17, 15) is 8.78 Å². The van der Waals surface area contributed by atoms with Gasteiger partial charge in [0.2, 0.25) is 0 Å². The first-order chi connectivity index (χ1) is 14.6. The van der Waals surface area contributed by atoms with Crippen LogP contribution in [0.15, 0.2) is 12.4 Å². The van der Waals surface area contributed by atoms with Crippen LogP contribution in [0.5, 0.6) is 0 Å². The van der Waals surface area contributed by atoms with Crippen molar-refractivity contribution < 1.29 is 8.78 Å². The van der Waals surface area contributed by atoms with E-state index < -0.39 is 5.92 Å². The number of aromatic nitrogens is 4. The number of nitrogens with one attached hydrogen (secondary N) is 1. The molecule has 0 amide bonds. The van der Waals surface area contributed by atoms with E-state index in [-0.39, 0.29) is 12.8 Å². The summed E-state index contributed by atoms with van der Waals surface area (Å²) in [4.78, 5) is 15.4. The van der Waals surface area contributed by atoms with Crippen LogP contribution < -0.4 is 9.80 Å². The molecule has 4 heterocycles. The summed E-state index contributed by atoms with van der Waals surface area (Å²) in [5, 5.41) is 7.82. The topological polar surface area (TPSA) is 64.2 Å². The Hall–Kier alpha value is -2.29. The number of piperazine rings is 1. The lowest BCUT2D eigenvalue weighted by Gasteiger charge is -2.36. The van der Waals surface area contributed by atoms with Crippen molar-refractivity contribution in [2.75, 3.05) is 49.1 Å². The highest BCUT2D eigenvalue weighted by molar-refractivity contribution is 5.50. The van der Waals surface area contributed by atoms with Crippen molar-refractivity contribution in [3.05, 3.63) is 29.3 Å². The molecule has 162 valence electrons. The lowest BCUT2D eigenvalue weighted by molar-refractivity contribution is -0.0221. The van der Waals surface area contributed by atoms with E-state index in [1.807, 2.05) is 11.0 Å². The molecule has 3 aliphatic rings. The van der Waals surface area contributed by atoms with E-state index >= 15 is 0 Å². The van der Waals surface area contributed by atoms with Gasteiger partial charge in [-0.15, -0.1) is 0 Å². The maximum absolute atomic E-state index is 13.5. The van der Waals surface area contributed by atoms with Crippen LogP contribution in [0.4, 0.5) is 20.4 Å². The van der Waals surface area contributed by atoms with E-state index in [2.05, 4.69) is 30.0 Å². The van der Waals surface area contributed by atoms with Crippen LogP contribution in [-0.4, -0.2) is 70.3 Å². The molecular formula is C21H29F2N7. The third-order valence-electron chi connectivity index (χ3n) is 6.67. The van der Waals surface area contributed by atoms with Crippen LogP contribution in [0.1, 0.15) is 42.6 Å². The Morgan fingerprint density at radius 2 is 1.57 bits per heavy atom. The van der Waals surface area contributed by atoms with E-state index in [4.69, 9.17) is 0 Å². The van der Waals surface area contributed by atoms with Crippen molar-refractivity contribution in [1.29, 1.82) is 0 Å². The first-order valence-corrected chi connectivity index (χ1v) is 11.0. The second-order valence-corrected chi connectivity index (χ2v) is 8.68. The van der Waals surface area contributed by atoms with Crippen LogP contribution in [0.2, 0.25) is 0 Å². The zero-order valence-corrected chi connectivity index (χ0v) is 17.3. The quantitative estimate of drug-likeness (QED) is 0.825. The summed E-state index contributed by atoms with van der Waals surface area (Å²) in [5.74, 6) is -0.911. The molecule has 2 fully saturated rings. The summed E-state index contributed by atoms with van der Waals surface area (Å²) in [6.07, 6.45) is 6.13. The summed E-state index contributed by atoms with van der Waals surface area (Å²) in [6, 6.07) is 1.95. The van der Waals surface area contributed by atoms with E-state index in [1.165, 1.54) is 29.8 Å². The average molecular weight is 418 g/mol. The number of hydrogen-bond donors (Lipinski definition) is 1. The van der Waals surface area contributed by atoms with E-state index in [1.54, 1.807) is 6.33 Å². The highest BCUT2D eigenvalue weighted by Crippen LogP contribution is 2.30. The van der Waals surface area contributed by atoms with Gasteiger partial charge in [0.25, 0.3) is 5.92 Å². The number of fused-ring (bicyclic) bond motifs is 1. The Labute approximate surface area is 175 Å². The molecule has 30 heavy (non-hydrogen) atoms. The number of hydrogen-bond acceptors (Lipinski definition) is 6. The van der Waals surface area contributed by atoms with Crippen LogP contribution in [-0.2, 0) is 19.4 Å². The van der Waals surface area contributed by atoms with Gasteiger partial charge in [0.05, 0.1) is 5.69 Å². The standard InChI is InChI=1S/C21H29F2N7/c22-21(23)5-7-29(8-6-21)19-13-20(25-15-24-19)30-11-9-28(10-12-30)14-18-16-3-1-2-4-17(16)26-27-18/h13,15H,1-12,14H2,(H,26,27). The number of nitrogens with zero attached hydrogens (tertiary/aromatic N) is 6. The maximum Gasteiger partial charge on any atom is 0.251 e. The smallest absolute Gasteiger partial charge is 0.251 e. The molecule has 0 spiro atoms. The van der Waals surface area contributed by atoms with E-state index in [0.29, 0.717) is 13.1 Å². The molecule has 2 aliphatic heterocycles. The van der Waals surface area contributed by atoms with Gasteiger partial charge in [-0.1, -0.05) is 0 Å². The number of halogens is 2. The minimum atomic E-state index is -2.55. The van der Waals surface area contributed by atoms with Crippen LogP contribution in [0, 0.1) is 0 Å². The molecular weight excluding hydrogens is 388 g/mol. The van der Waals surface area contributed by atoms with Gasteiger partial charge in [0, 0.05) is 70.4 Å². The van der Waals surface area contributed by atoms with Gasteiger partial charge >= 0.3 is 0 Å². The molecule has 2 aromatic heterocycles. The van der Waals surface area contributed by atoms with Gasteiger partial charge in [0.1, 0.15) is 18.0 Å². The molecule has 2 aromatic rings. The van der Waals surface area contributed by atoms with Gasteiger partial charge in [-0.05, 0) is 31.2 Å². The summed E-state index contributed by atoms with van der Waals surface area (Å²) < 4.78 is 26.9. The Morgan fingerprint density at radius 3 is 2.30 bits per heavy atom. The molecule has 1 aliphatic carbocycles. The zero-order chi connectivity index (χ0) is 20.6. The van der Waals surface area contributed by atoms with Crippen LogP contribution in [0.25, 0.3) is 0 Å². The normalized spacial score (nSPS) is 22.2. The van der Waals surface area contributed by atoms with Gasteiger partial charge < -0.3 is 9.80 Å². The molecule has 5 rings (SSSR count). The highest BCUT2D eigenvalue weighted by atomic mass is 19.3. The van der Waals surface area contributed by atoms with Crippen LogP contribution in [0.3, 0.4) is 0 Å². The van der Waals surface area contributed by atoms with Crippen molar-refractivity contribution >= 4 is 11.6 Å². The van der Waals surface area contributed by atoms with Gasteiger partial charge in [0.15, 0.2) is 0 Å². The Balaban J connectivity index is 1.18. The summed E-state index contributed by atoms with van der Waals surface area (Å²) in [5.41, 5.74) is 3.99. The molecule has 9 heteroatoms. The van der Waals surface area contributed by atoms with Gasteiger partial charge in [-0.25, -0.2) is 18.7 Å². The monoisotopic (exact) mass is 417 g/mol. The Morgan fingerprint density at radius 1 is 0.900 bits per heavy atom. The summed E-state index contributed by atoms with van der Waals surface area (Å²) in [6.45, 7) is 5.27. The molecule has 1 N–H and O–H groups in total. The van der Waals surface area contributed by atoms with Crippen LogP contribution >= 0.6 is 0 Å². The predicted octanol–water partition coefficient (Wildman–Crippen LogP) is 2.64. The first kappa shape index (κ1) is 19.7. The molecule has 7 nitrogen and oxygen atoms in total. The lowest BCUT2D eigenvalue weighted by atomic mass is 9.96. The Bertz CT molecular complexity index is 866. The largest absolute Gasteiger partial charge is 0.356 e. The van der Waals surface area contributed by atoms with Crippen molar-refractivity contribution in [3.63, 3.8) is 0 Å². The number of aromatic amines is 1. The van der Waals surface area contributed by atoms with Crippen molar-refractivity contribution in [2.24, 2.45) is 0 Å². The maximum atomic E-state index is 13.5. The fraction of sp³-hybridized carbons (Fsp3) is 0.667. The molecule has 2 saturated heterocycles. The lowest BCUT2D eigenvalue weighted by Crippen LogP contribution is -2.46. The van der Waals surface area contributed by atoms with Crippen molar-refractivity contribution in [3.8, 4) is 0 Å². The zero-order valence-electron chi connectivity index (χ0n) is 17.3. The second kappa shape index (κ2) is 8.09. The van der Waals surface area contributed by atoms with E-state index in [0.717, 1.165) is 57.2 Å². The first-order valence-electron chi connectivity index (χ1n) is 11.0. The number of H-pyrrole nitrogens is 1. The molecule has 0 atom stereocenters. The highest BCUT2D eigenvalue weighted by Gasteiger charge is 2.34. The summed E-state index contributed by atoms with van der Waals surface area (Å²) >= 11 is 0. The third kappa shape index (κ3) is 4.12. The SMILES string of the molecule is FC1(F)CCN(c2cc(N3CCN(Cc4n[nH]c5c4CCCC5)CC3)ncn2)CC1. The Kier molecular flexibility index (Phi) is 5.30. The van der Waals surface area contributed by atoms with Gasteiger partial charge in [-0.3, -0.25) is 10.00 Å². The number of piperidine rings is 1. The molecule has 0 aromatic carbocycles. The minimum absolute atomic E-state index is 0.109. The van der Waals surface area contributed by atoms with Crippen molar-refractivity contribution in [1.82, 2.24) is 25.1 Å². The number of alkyl halides is 2. The predicted molar refractivity (Wildman–Crippen MR) is 111 cm³/mol. The second-order valence-electron chi connectivity index (χ2n) is 8.68. The molecule has 0 saturated carbocycles. The fourth-order valence-electron chi connectivity index (χ4n) is 4.77. The number of rotatable bonds is 4. The fourth-order valence-corrected chi connectivity index (χ4v) is 4.77. The number of anilines is 2. The molecule has 0 radical (unpaired) electrons. The summed E-state index contributed by atoms with van der Waals surface area (Å²) in [7, 11) is 0. The third-order valence-corrected chi connectivity index (χ3v) is 6.67. The van der Waals surface area contributed by atoms with Gasteiger partial charge in [-0.2, -0.15) is 5.10 Å².